The first-order valence-electron chi connectivity index (χ1n) is 8.18. The fourth-order valence-corrected chi connectivity index (χ4v) is 2.62. The second-order valence-corrected chi connectivity index (χ2v) is 5.59. The van der Waals surface area contributed by atoms with Gasteiger partial charge in [-0.3, -0.25) is 9.36 Å². The molecule has 9 heteroatoms. The van der Waals surface area contributed by atoms with Gasteiger partial charge < -0.3 is 19.2 Å². The fraction of sp³-hybridized carbons (Fsp3) is 0.412. The summed E-state index contributed by atoms with van der Waals surface area (Å²) in [5.41, 5.74) is 1.38. The Labute approximate surface area is 155 Å². The van der Waals surface area contributed by atoms with Crippen molar-refractivity contribution in [2.75, 3.05) is 13.2 Å². The number of fused-ring (bicyclic) bond motifs is 1. The minimum Gasteiger partial charge on any atom is -0.464 e. The van der Waals surface area contributed by atoms with Gasteiger partial charge in [-0.1, -0.05) is 12.1 Å². The predicted molar refractivity (Wildman–Crippen MR) is 94.9 cm³/mol. The summed E-state index contributed by atoms with van der Waals surface area (Å²) in [5.74, 6) is -2.22. The van der Waals surface area contributed by atoms with Crippen molar-refractivity contribution in [3.8, 4) is 0 Å². The number of rotatable bonds is 8. The van der Waals surface area contributed by atoms with E-state index in [1.807, 2.05) is 18.2 Å². The summed E-state index contributed by atoms with van der Waals surface area (Å²) in [7, 11) is 0. The van der Waals surface area contributed by atoms with E-state index in [9.17, 15) is 14.4 Å². The summed E-state index contributed by atoms with van der Waals surface area (Å²) in [4.78, 5) is 36.2. The zero-order valence-corrected chi connectivity index (χ0v) is 15.3. The van der Waals surface area contributed by atoms with Crippen LogP contribution in [0.2, 0.25) is 0 Å². The molecule has 0 saturated heterocycles. The van der Waals surface area contributed by atoms with Gasteiger partial charge in [0.15, 0.2) is 5.58 Å². The first-order chi connectivity index (χ1) is 12.5. The molecule has 1 heterocycles. The van der Waals surface area contributed by atoms with Crippen molar-refractivity contribution >= 4 is 41.2 Å². The maximum atomic E-state index is 12.2. The van der Waals surface area contributed by atoms with Crippen molar-refractivity contribution in [1.29, 1.82) is 0 Å². The predicted octanol–water partition coefficient (Wildman–Crippen LogP) is 1.96. The third-order valence-corrected chi connectivity index (χ3v) is 3.79. The number of esters is 2. The van der Waals surface area contributed by atoms with E-state index in [0.717, 1.165) is 5.52 Å². The average Bonchev–Trinajstić information content (AvgIpc) is 2.93. The monoisotopic (exact) mass is 380 g/mol. The molecule has 8 nitrogen and oxygen atoms in total. The average molecular weight is 380 g/mol. The molecule has 1 amide bonds. The van der Waals surface area contributed by atoms with Gasteiger partial charge in [0, 0.05) is 13.0 Å². The zero-order valence-electron chi connectivity index (χ0n) is 14.5. The summed E-state index contributed by atoms with van der Waals surface area (Å²) in [6.45, 7) is 3.61. The molecule has 0 aliphatic carbocycles. The van der Waals surface area contributed by atoms with Crippen molar-refractivity contribution in [3.63, 3.8) is 0 Å². The largest absolute Gasteiger partial charge is 0.464 e. The van der Waals surface area contributed by atoms with Crippen molar-refractivity contribution in [2.24, 2.45) is 0 Å². The van der Waals surface area contributed by atoms with Crippen LogP contribution in [0.5, 0.6) is 0 Å². The number of amides is 1. The molecule has 0 aliphatic heterocycles. The summed E-state index contributed by atoms with van der Waals surface area (Å²) >= 11 is 5.16. The summed E-state index contributed by atoms with van der Waals surface area (Å²) in [6.07, 6.45) is -0.00680. The summed E-state index contributed by atoms with van der Waals surface area (Å²) in [6, 6.07) is 5.77. The number of ether oxygens (including phenoxy) is 2. The lowest BCUT2D eigenvalue weighted by molar-refractivity contribution is -0.159. The molecule has 2 aromatic rings. The van der Waals surface area contributed by atoms with Crippen LogP contribution in [0.15, 0.2) is 28.7 Å². The molecular formula is C17H20N2O6S. The molecular weight excluding hydrogens is 360 g/mol. The molecule has 1 N–H and O–H groups in total. The van der Waals surface area contributed by atoms with E-state index in [0.29, 0.717) is 5.58 Å². The Morgan fingerprint density at radius 1 is 1.15 bits per heavy atom. The number of hydrogen-bond donors (Lipinski definition) is 1. The van der Waals surface area contributed by atoms with Gasteiger partial charge in [0.25, 0.3) is 4.84 Å². The molecule has 2 rings (SSSR count). The Morgan fingerprint density at radius 3 is 2.38 bits per heavy atom. The van der Waals surface area contributed by atoms with Crippen LogP contribution < -0.4 is 5.32 Å². The molecule has 1 aromatic heterocycles. The highest BCUT2D eigenvalue weighted by atomic mass is 32.1. The normalized spacial score (nSPS) is 10.7. The van der Waals surface area contributed by atoms with E-state index in [2.05, 4.69) is 5.32 Å². The molecule has 140 valence electrons. The van der Waals surface area contributed by atoms with Crippen molar-refractivity contribution in [2.45, 2.75) is 32.9 Å². The number of benzene rings is 1. The molecule has 1 aromatic carbocycles. The molecule has 0 bridgehead atoms. The zero-order chi connectivity index (χ0) is 19.1. The molecule has 0 unspecified atom stereocenters. The maximum absolute atomic E-state index is 12.2. The second-order valence-electron chi connectivity index (χ2n) is 5.24. The van der Waals surface area contributed by atoms with Gasteiger partial charge in [-0.05, 0) is 38.2 Å². The Balaban J connectivity index is 2.05. The number of aryl methyl sites for hydroxylation is 1. The highest BCUT2D eigenvalue weighted by molar-refractivity contribution is 7.71. The fourth-order valence-electron chi connectivity index (χ4n) is 2.34. The summed E-state index contributed by atoms with van der Waals surface area (Å²) in [5, 5.41) is 2.35. The smallest absolute Gasteiger partial charge is 0.340 e. The van der Waals surface area contributed by atoms with Crippen LogP contribution in [-0.4, -0.2) is 41.7 Å². The SMILES string of the molecule is CCOC(=O)C(NC(=O)CCn1c(=S)oc2ccccc21)C(=O)OCC. The van der Waals surface area contributed by atoms with E-state index in [1.165, 1.54) is 0 Å². The number of carbonyl (C=O) groups is 3. The number of aromatic nitrogens is 1. The van der Waals surface area contributed by atoms with Gasteiger partial charge in [0.2, 0.25) is 11.9 Å². The quantitative estimate of drug-likeness (QED) is 0.424. The third kappa shape index (κ3) is 4.69. The van der Waals surface area contributed by atoms with Crippen molar-refractivity contribution in [1.82, 2.24) is 9.88 Å². The molecule has 0 fully saturated rings. The van der Waals surface area contributed by atoms with Crippen LogP contribution in [0.25, 0.3) is 11.1 Å². The van der Waals surface area contributed by atoms with Crippen molar-refractivity contribution in [3.05, 3.63) is 29.1 Å². The number of hydrogen-bond acceptors (Lipinski definition) is 7. The molecule has 0 saturated carbocycles. The Morgan fingerprint density at radius 2 is 1.77 bits per heavy atom. The standard InChI is InChI=1S/C17H20N2O6S/c1-3-23-15(21)14(16(22)24-4-2)18-13(20)9-10-19-11-7-5-6-8-12(11)25-17(19)26/h5-8,14H,3-4,9-10H2,1-2H3,(H,18,20). The van der Waals surface area contributed by atoms with Gasteiger partial charge in [-0.15, -0.1) is 0 Å². The lowest BCUT2D eigenvalue weighted by Gasteiger charge is -2.16. The molecule has 0 radical (unpaired) electrons. The van der Waals surface area contributed by atoms with Gasteiger partial charge in [0.05, 0.1) is 18.7 Å². The Kier molecular flexibility index (Phi) is 6.90. The van der Waals surface area contributed by atoms with Gasteiger partial charge in [0.1, 0.15) is 0 Å². The van der Waals surface area contributed by atoms with Crippen LogP contribution in [0.4, 0.5) is 0 Å². The number of para-hydroxylation sites is 2. The van der Waals surface area contributed by atoms with Crippen LogP contribution in [0, 0.1) is 4.84 Å². The van der Waals surface area contributed by atoms with Gasteiger partial charge in [-0.2, -0.15) is 0 Å². The van der Waals surface area contributed by atoms with E-state index >= 15 is 0 Å². The van der Waals surface area contributed by atoms with E-state index < -0.39 is 23.9 Å². The second kappa shape index (κ2) is 9.14. The van der Waals surface area contributed by atoms with Gasteiger partial charge in [-0.25, -0.2) is 9.59 Å². The van der Waals surface area contributed by atoms with Crippen LogP contribution >= 0.6 is 12.2 Å². The molecule has 0 atom stereocenters. The first kappa shape index (κ1) is 19.6. The Hall–Kier alpha value is -2.68. The molecule has 0 spiro atoms. The highest BCUT2D eigenvalue weighted by Gasteiger charge is 2.31. The van der Waals surface area contributed by atoms with E-state index in [1.54, 1.807) is 24.5 Å². The van der Waals surface area contributed by atoms with Crippen LogP contribution in [0.1, 0.15) is 20.3 Å². The minimum absolute atomic E-state index is 0.00680. The first-order valence-corrected chi connectivity index (χ1v) is 8.59. The number of nitrogens with zero attached hydrogens (tertiary/aromatic N) is 1. The Bertz CT molecular complexity index is 838. The molecule has 0 aliphatic rings. The number of oxazole rings is 1. The van der Waals surface area contributed by atoms with Crippen molar-refractivity contribution < 1.29 is 28.3 Å². The summed E-state index contributed by atoms with van der Waals surface area (Å²) < 4.78 is 16.7. The number of carbonyl (C=O) groups excluding carboxylic acids is 3. The minimum atomic E-state index is -1.49. The lowest BCUT2D eigenvalue weighted by atomic mass is 10.2. The third-order valence-electron chi connectivity index (χ3n) is 3.49. The van der Waals surface area contributed by atoms with E-state index in [4.69, 9.17) is 26.1 Å². The molecule has 26 heavy (non-hydrogen) atoms. The van der Waals surface area contributed by atoms with Crippen LogP contribution in [0.3, 0.4) is 0 Å². The lowest BCUT2D eigenvalue weighted by Crippen LogP contribution is -2.48. The van der Waals surface area contributed by atoms with Crippen LogP contribution in [-0.2, 0) is 30.4 Å². The maximum Gasteiger partial charge on any atom is 0.340 e. The van der Waals surface area contributed by atoms with Gasteiger partial charge >= 0.3 is 11.9 Å². The topological polar surface area (TPSA) is 99.8 Å². The highest BCUT2D eigenvalue weighted by Crippen LogP contribution is 2.17. The number of nitrogens with one attached hydrogen (secondary N) is 1. The van der Waals surface area contributed by atoms with E-state index in [-0.39, 0.29) is 31.0 Å².